The van der Waals surface area contributed by atoms with Gasteiger partial charge in [-0.2, -0.15) is 0 Å². The lowest BCUT2D eigenvalue weighted by atomic mass is 9.89. The van der Waals surface area contributed by atoms with E-state index < -0.39 is 23.1 Å². The normalized spacial score (nSPS) is 28.8. The van der Waals surface area contributed by atoms with Crippen molar-refractivity contribution in [3.05, 3.63) is 29.6 Å². The Labute approximate surface area is 106 Å². The van der Waals surface area contributed by atoms with Crippen molar-refractivity contribution in [3.8, 4) is 5.75 Å². The van der Waals surface area contributed by atoms with Crippen LogP contribution in [0.4, 0.5) is 4.39 Å². The van der Waals surface area contributed by atoms with Crippen molar-refractivity contribution < 1.29 is 19.0 Å². The molecule has 2 unspecified atom stereocenters. The molecule has 0 aromatic heterocycles. The lowest BCUT2D eigenvalue weighted by molar-refractivity contribution is -0.139. The molecule has 4 heteroatoms. The van der Waals surface area contributed by atoms with Crippen LogP contribution in [0.5, 0.6) is 5.75 Å². The molecule has 0 saturated heterocycles. The highest BCUT2D eigenvalue weighted by molar-refractivity contribution is 5.79. The van der Waals surface area contributed by atoms with Crippen LogP contribution in [0.3, 0.4) is 0 Å². The summed E-state index contributed by atoms with van der Waals surface area (Å²) in [6.45, 7) is 5.66. The maximum absolute atomic E-state index is 13.7. The van der Waals surface area contributed by atoms with Gasteiger partial charge in [0.2, 0.25) is 0 Å². The summed E-state index contributed by atoms with van der Waals surface area (Å²) in [6, 6.07) is 4.67. The van der Waals surface area contributed by atoms with Crippen LogP contribution in [0.25, 0.3) is 0 Å². The van der Waals surface area contributed by atoms with E-state index in [9.17, 15) is 14.3 Å². The van der Waals surface area contributed by atoms with E-state index in [0.717, 1.165) is 0 Å². The molecule has 0 aliphatic heterocycles. The van der Waals surface area contributed by atoms with E-state index in [-0.39, 0.29) is 11.2 Å². The van der Waals surface area contributed by atoms with Crippen LogP contribution in [0.2, 0.25) is 0 Å². The molecule has 1 aromatic rings. The number of aliphatic carboxylic acids is 1. The van der Waals surface area contributed by atoms with E-state index in [1.807, 2.05) is 20.8 Å². The van der Waals surface area contributed by atoms with Crippen molar-refractivity contribution in [2.75, 3.05) is 7.11 Å². The molecule has 18 heavy (non-hydrogen) atoms. The van der Waals surface area contributed by atoms with Gasteiger partial charge < -0.3 is 9.84 Å². The summed E-state index contributed by atoms with van der Waals surface area (Å²) in [5.41, 5.74) is -0.204. The molecular formula is C14H17FO3. The summed E-state index contributed by atoms with van der Waals surface area (Å²) in [5.74, 6) is -1.60. The third-order valence-electron chi connectivity index (χ3n) is 4.55. The van der Waals surface area contributed by atoms with Crippen molar-refractivity contribution in [1.29, 1.82) is 0 Å². The Morgan fingerprint density at radius 1 is 1.39 bits per heavy atom. The number of halogens is 1. The summed E-state index contributed by atoms with van der Waals surface area (Å²) >= 11 is 0. The third-order valence-corrected chi connectivity index (χ3v) is 4.55. The van der Waals surface area contributed by atoms with Gasteiger partial charge in [-0.05, 0) is 23.1 Å². The van der Waals surface area contributed by atoms with E-state index >= 15 is 0 Å². The second-order valence-electron chi connectivity index (χ2n) is 5.54. The van der Waals surface area contributed by atoms with Gasteiger partial charge in [-0.25, -0.2) is 4.39 Å². The molecule has 0 amide bonds. The number of rotatable bonds is 3. The molecule has 2 rings (SSSR count). The van der Waals surface area contributed by atoms with Crippen molar-refractivity contribution >= 4 is 5.97 Å². The second-order valence-corrected chi connectivity index (χ2v) is 5.54. The Morgan fingerprint density at radius 2 is 2.00 bits per heavy atom. The molecule has 0 bridgehead atoms. The van der Waals surface area contributed by atoms with Gasteiger partial charge in [0.25, 0.3) is 0 Å². The Hall–Kier alpha value is -1.58. The lowest BCUT2D eigenvalue weighted by Gasteiger charge is -2.15. The first kappa shape index (κ1) is 12.9. The summed E-state index contributed by atoms with van der Waals surface area (Å²) in [5, 5.41) is 9.24. The molecule has 1 fully saturated rings. The number of ether oxygens (including phenoxy) is 1. The number of carboxylic acid groups (broad SMARTS) is 1. The zero-order chi connectivity index (χ0) is 13.7. The number of carboxylic acids is 1. The highest BCUT2D eigenvalue weighted by Crippen LogP contribution is 2.69. The van der Waals surface area contributed by atoms with Crippen LogP contribution < -0.4 is 4.74 Å². The van der Waals surface area contributed by atoms with Gasteiger partial charge in [0.05, 0.1) is 13.0 Å². The van der Waals surface area contributed by atoms with Gasteiger partial charge in [-0.1, -0.05) is 26.8 Å². The first-order valence-electron chi connectivity index (χ1n) is 5.83. The van der Waals surface area contributed by atoms with Crippen LogP contribution in [-0.2, 0) is 10.2 Å². The maximum Gasteiger partial charge on any atom is 0.307 e. The molecule has 0 radical (unpaired) electrons. The molecule has 2 atom stereocenters. The molecule has 1 aliphatic carbocycles. The molecule has 0 spiro atoms. The molecule has 1 saturated carbocycles. The number of hydrogen-bond acceptors (Lipinski definition) is 2. The fourth-order valence-corrected chi connectivity index (χ4v) is 3.06. The lowest BCUT2D eigenvalue weighted by Crippen LogP contribution is -2.12. The SMILES string of the molecule is COc1ccc(C2(C)C(C(=O)O)C2(C)C)cc1F. The van der Waals surface area contributed by atoms with Crippen molar-refractivity contribution in [1.82, 2.24) is 0 Å². The Morgan fingerprint density at radius 3 is 2.39 bits per heavy atom. The van der Waals surface area contributed by atoms with Gasteiger partial charge in [0.15, 0.2) is 11.6 Å². The smallest absolute Gasteiger partial charge is 0.307 e. The fraction of sp³-hybridized carbons (Fsp3) is 0.500. The van der Waals surface area contributed by atoms with Gasteiger partial charge in [0, 0.05) is 5.41 Å². The summed E-state index contributed by atoms with van der Waals surface area (Å²) in [6.07, 6.45) is 0. The van der Waals surface area contributed by atoms with Crippen LogP contribution in [0.1, 0.15) is 26.3 Å². The second kappa shape index (κ2) is 3.70. The largest absolute Gasteiger partial charge is 0.494 e. The van der Waals surface area contributed by atoms with E-state index in [4.69, 9.17) is 4.74 Å². The molecular weight excluding hydrogens is 235 g/mol. The predicted octanol–water partition coefficient (Wildman–Crippen LogP) is 2.83. The molecule has 0 heterocycles. The summed E-state index contributed by atoms with van der Waals surface area (Å²) in [7, 11) is 1.40. The zero-order valence-electron chi connectivity index (χ0n) is 11.0. The van der Waals surface area contributed by atoms with Crippen LogP contribution >= 0.6 is 0 Å². The number of benzene rings is 1. The minimum absolute atomic E-state index is 0.174. The van der Waals surface area contributed by atoms with Crippen molar-refractivity contribution in [2.45, 2.75) is 26.2 Å². The van der Waals surface area contributed by atoms with Crippen LogP contribution in [0, 0.1) is 17.2 Å². The monoisotopic (exact) mass is 252 g/mol. The number of methoxy groups -OCH3 is 1. The molecule has 1 aromatic carbocycles. The Balaban J connectivity index is 2.44. The highest BCUT2D eigenvalue weighted by atomic mass is 19.1. The number of hydrogen-bond donors (Lipinski definition) is 1. The Kier molecular flexibility index (Phi) is 2.65. The Bertz CT molecular complexity index is 510. The molecule has 3 nitrogen and oxygen atoms in total. The topological polar surface area (TPSA) is 46.5 Å². The standard InChI is InChI=1S/C14H17FO3/c1-13(2)11(12(16)17)14(13,3)8-5-6-10(18-4)9(15)7-8/h5-7,11H,1-4H3,(H,16,17). The zero-order valence-corrected chi connectivity index (χ0v) is 11.0. The minimum atomic E-state index is -0.835. The van der Waals surface area contributed by atoms with E-state index in [1.165, 1.54) is 13.2 Å². The number of carbonyl (C=O) groups is 1. The van der Waals surface area contributed by atoms with Crippen LogP contribution in [0.15, 0.2) is 18.2 Å². The van der Waals surface area contributed by atoms with Gasteiger partial charge >= 0.3 is 5.97 Å². The average Bonchev–Trinajstić information content (AvgIpc) is 2.74. The molecule has 1 aliphatic rings. The van der Waals surface area contributed by atoms with Gasteiger partial charge in [-0.15, -0.1) is 0 Å². The average molecular weight is 252 g/mol. The van der Waals surface area contributed by atoms with E-state index in [2.05, 4.69) is 0 Å². The van der Waals surface area contributed by atoms with Gasteiger partial charge in [0.1, 0.15) is 0 Å². The quantitative estimate of drug-likeness (QED) is 0.899. The van der Waals surface area contributed by atoms with Gasteiger partial charge in [-0.3, -0.25) is 4.79 Å². The summed E-state index contributed by atoms with van der Waals surface area (Å²) in [4.78, 5) is 11.3. The fourth-order valence-electron chi connectivity index (χ4n) is 3.06. The van der Waals surface area contributed by atoms with Crippen LogP contribution in [-0.4, -0.2) is 18.2 Å². The maximum atomic E-state index is 13.7. The minimum Gasteiger partial charge on any atom is -0.494 e. The van der Waals surface area contributed by atoms with E-state index in [0.29, 0.717) is 5.56 Å². The first-order valence-corrected chi connectivity index (χ1v) is 5.83. The van der Waals surface area contributed by atoms with E-state index in [1.54, 1.807) is 12.1 Å². The predicted molar refractivity (Wildman–Crippen MR) is 65.2 cm³/mol. The highest BCUT2D eigenvalue weighted by Gasteiger charge is 2.72. The van der Waals surface area contributed by atoms with Crippen molar-refractivity contribution in [2.24, 2.45) is 11.3 Å². The third kappa shape index (κ3) is 1.44. The van der Waals surface area contributed by atoms with Crippen molar-refractivity contribution in [3.63, 3.8) is 0 Å². The first-order chi connectivity index (χ1) is 8.26. The molecule has 1 N–H and O–H groups in total. The molecule has 98 valence electrons. The summed E-state index contributed by atoms with van der Waals surface area (Å²) < 4.78 is 18.6.